The number of para-hydroxylation sites is 1. The fraction of sp³-hybridized carbons (Fsp3) is 0.0556. The molecule has 0 aliphatic carbocycles. The average molecular weight is 350 g/mol. The maximum absolute atomic E-state index is 12.0. The van der Waals surface area contributed by atoms with Crippen molar-refractivity contribution in [2.45, 2.75) is 6.92 Å². The van der Waals surface area contributed by atoms with E-state index < -0.39 is 10.8 Å². The number of hydrazone groups is 1. The second-order valence-electron chi connectivity index (χ2n) is 5.49. The molecule has 0 saturated heterocycles. The van der Waals surface area contributed by atoms with Crippen LogP contribution >= 0.6 is 0 Å². The minimum absolute atomic E-state index is 0.0953. The third kappa shape index (κ3) is 3.34. The van der Waals surface area contributed by atoms with Crippen molar-refractivity contribution in [2.75, 3.05) is 0 Å². The van der Waals surface area contributed by atoms with Crippen LogP contribution in [-0.2, 0) is 0 Å². The molecule has 8 nitrogen and oxygen atoms in total. The van der Waals surface area contributed by atoms with E-state index in [9.17, 15) is 19.7 Å². The lowest BCUT2D eigenvalue weighted by atomic mass is 10.2. The highest BCUT2D eigenvalue weighted by atomic mass is 16.6. The highest BCUT2D eigenvalue weighted by Gasteiger charge is 2.10. The van der Waals surface area contributed by atoms with Crippen molar-refractivity contribution in [1.29, 1.82) is 0 Å². The molecule has 130 valence electrons. The third-order valence-corrected chi connectivity index (χ3v) is 3.79. The van der Waals surface area contributed by atoms with Crippen molar-refractivity contribution < 1.29 is 14.5 Å². The molecule has 0 atom stereocenters. The maximum atomic E-state index is 12.0. The molecule has 3 rings (SSSR count). The number of nitrogens with zero attached hydrogens (tertiary/aromatic N) is 3. The van der Waals surface area contributed by atoms with Gasteiger partial charge in [0, 0.05) is 41.8 Å². The quantitative estimate of drug-likeness (QED) is 0.443. The summed E-state index contributed by atoms with van der Waals surface area (Å²) in [7, 11) is 0. The number of hydrogen-bond acceptors (Lipinski definition) is 5. The van der Waals surface area contributed by atoms with Crippen LogP contribution in [0.25, 0.3) is 10.9 Å². The number of non-ortho nitro benzene ring substituents is 1. The van der Waals surface area contributed by atoms with Crippen LogP contribution in [0.1, 0.15) is 27.6 Å². The molecule has 8 heteroatoms. The van der Waals surface area contributed by atoms with Gasteiger partial charge in [-0.1, -0.05) is 18.2 Å². The second kappa shape index (κ2) is 6.98. The van der Waals surface area contributed by atoms with Crippen LogP contribution in [0.5, 0.6) is 0 Å². The van der Waals surface area contributed by atoms with Gasteiger partial charge in [-0.15, -0.1) is 0 Å². The first kappa shape index (κ1) is 17.0. The van der Waals surface area contributed by atoms with E-state index in [0.29, 0.717) is 5.56 Å². The summed E-state index contributed by atoms with van der Waals surface area (Å²) in [5.41, 5.74) is 3.95. The van der Waals surface area contributed by atoms with Gasteiger partial charge in [0.05, 0.1) is 16.7 Å². The van der Waals surface area contributed by atoms with Crippen LogP contribution in [-0.4, -0.2) is 27.5 Å². The van der Waals surface area contributed by atoms with E-state index in [0.717, 1.165) is 10.9 Å². The van der Waals surface area contributed by atoms with E-state index in [1.54, 1.807) is 6.20 Å². The minimum atomic E-state index is -0.537. The number of nitro groups is 1. The van der Waals surface area contributed by atoms with Gasteiger partial charge in [-0.05, 0) is 18.2 Å². The Labute approximate surface area is 147 Å². The number of hydrogen-bond donors (Lipinski definition) is 1. The van der Waals surface area contributed by atoms with E-state index >= 15 is 0 Å². The average Bonchev–Trinajstić information content (AvgIpc) is 3.01. The molecule has 0 radical (unpaired) electrons. The zero-order chi connectivity index (χ0) is 18.7. The van der Waals surface area contributed by atoms with Crippen molar-refractivity contribution in [2.24, 2.45) is 5.10 Å². The number of carbonyl (C=O) groups is 2. The Kier molecular flexibility index (Phi) is 4.57. The first-order valence-corrected chi connectivity index (χ1v) is 7.66. The normalized spacial score (nSPS) is 11.0. The van der Waals surface area contributed by atoms with Crippen LogP contribution in [0.2, 0.25) is 0 Å². The molecular weight excluding hydrogens is 336 g/mol. The minimum Gasteiger partial charge on any atom is -0.287 e. The summed E-state index contributed by atoms with van der Waals surface area (Å²) in [5, 5.41) is 15.4. The Morgan fingerprint density at radius 1 is 1.15 bits per heavy atom. The smallest absolute Gasteiger partial charge is 0.271 e. The molecular formula is C18H14N4O4. The lowest BCUT2D eigenvalue weighted by Gasteiger charge is -1.99. The van der Waals surface area contributed by atoms with Crippen LogP contribution in [0.4, 0.5) is 5.69 Å². The molecule has 0 saturated carbocycles. The van der Waals surface area contributed by atoms with Crippen molar-refractivity contribution in [3.05, 3.63) is 76.0 Å². The Morgan fingerprint density at radius 2 is 1.85 bits per heavy atom. The molecule has 1 amide bonds. The fourth-order valence-corrected chi connectivity index (χ4v) is 2.53. The number of benzene rings is 2. The number of nitrogens with one attached hydrogen (secondary N) is 1. The van der Waals surface area contributed by atoms with Crippen LogP contribution < -0.4 is 5.43 Å². The number of aromatic nitrogens is 1. The SMILES string of the molecule is CC(=O)n1cc(/C=N/NC(=O)c2ccc([N+](=O)[O-])cc2)c2ccccc21. The van der Waals surface area contributed by atoms with Crippen molar-refractivity contribution in [3.8, 4) is 0 Å². The summed E-state index contributed by atoms with van der Waals surface area (Å²) in [6.07, 6.45) is 3.10. The third-order valence-electron chi connectivity index (χ3n) is 3.79. The van der Waals surface area contributed by atoms with E-state index in [4.69, 9.17) is 0 Å². The molecule has 0 fully saturated rings. The second-order valence-corrected chi connectivity index (χ2v) is 5.49. The lowest BCUT2D eigenvalue weighted by Crippen LogP contribution is -2.17. The number of nitro benzene ring substituents is 1. The first-order chi connectivity index (χ1) is 12.5. The van der Waals surface area contributed by atoms with E-state index in [1.807, 2.05) is 24.3 Å². The van der Waals surface area contributed by atoms with Gasteiger partial charge in [0.2, 0.25) is 5.91 Å². The molecule has 0 aliphatic rings. The predicted molar refractivity (Wildman–Crippen MR) is 96.4 cm³/mol. The Balaban J connectivity index is 1.78. The van der Waals surface area contributed by atoms with Crippen molar-refractivity contribution >= 4 is 34.6 Å². The van der Waals surface area contributed by atoms with Gasteiger partial charge in [0.25, 0.3) is 11.6 Å². The van der Waals surface area contributed by atoms with Gasteiger partial charge in [-0.2, -0.15) is 5.10 Å². The van der Waals surface area contributed by atoms with E-state index in [-0.39, 0.29) is 17.2 Å². The van der Waals surface area contributed by atoms with Crippen LogP contribution in [0.3, 0.4) is 0 Å². The number of rotatable bonds is 4. The van der Waals surface area contributed by atoms with Gasteiger partial charge >= 0.3 is 0 Å². The molecule has 0 spiro atoms. The summed E-state index contributed by atoms with van der Waals surface area (Å²) in [6, 6.07) is 12.6. The maximum Gasteiger partial charge on any atom is 0.271 e. The molecule has 2 aromatic carbocycles. The summed E-state index contributed by atoms with van der Waals surface area (Å²) >= 11 is 0. The summed E-state index contributed by atoms with van der Waals surface area (Å²) in [4.78, 5) is 33.8. The van der Waals surface area contributed by atoms with Gasteiger partial charge in [-0.25, -0.2) is 5.43 Å². The molecule has 1 heterocycles. The van der Waals surface area contributed by atoms with Crippen LogP contribution in [0, 0.1) is 10.1 Å². The predicted octanol–water partition coefficient (Wildman–Crippen LogP) is 2.97. The van der Waals surface area contributed by atoms with Gasteiger partial charge in [0.1, 0.15) is 0 Å². The fourth-order valence-electron chi connectivity index (χ4n) is 2.53. The Hall–Kier alpha value is -3.81. The van der Waals surface area contributed by atoms with E-state index in [2.05, 4.69) is 10.5 Å². The monoisotopic (exact) mass is 350 g/mol. The molecule has 0 bridgehead atoms. The molecule has 1 N–H and O–H groups in total. The number of amides is 1. The highest BCUT2D eigenvalue weighted by molar-refractivity contribution is 6.03. The van der Waals surface area contributed by atoms with Gasteiger partial charge < -0.3 is 0 Å². The molecule has 3 aromatic rings. The topological polar surface area (TPSA) is 107 Å². The molecule has 0 unspecified atom stereocenters. The zero-order valence-corrected chi connectivity index (χ0v) is 13.7. The zero-order valence-electron chi connectivity index (χ0n) is 13.7. The summed E-state index contributed by atoms with van der Waals surface area (Å²) in [5.74, 6) is -0.623. The van der Waals surface area contributed by atoms with E-state index in [1.165, 1.54) is 42.0 Å². The van der Waals surface area contributed by atoms with Crippen LogP contribution in [0.15, 0.2) is 59.8 Å². The van der Waals surface area contributed by atoms with Crippen molar-refractivity contribution in [3.63, 3.8) is 0 Å². The van der Waals surface area contributed by atoms with Gasteiger partial charge in [0.15, 0.2) is 0 Å². The Morgan fingerprint density at radius 3 is 2.50 bits per heavy atom. The standard InChI is InChI=1S/C18H14N4O4/c1-12(23)21-11-14(16-4-2-3-5-17(16)21)10-19-20-18(24)13-6-8-15(9-7-13)22(25)26/h2-11H,1H3,(H,20,24)/b19-10+. The Bertz CT molecular complexity index is 1040. The van der Waals surface area contributed by atoms with Crippen molar-refractivity contribution in [1.82, 2.24) is 9.99 Å². The molecule has 26 heavy (non-hydrogen) atoms. The number of fused-ring (bicyclic) bond motifs is 1. The van der Waals surface area contributed by atoms with Gasteiger partial charge in [-0.3, -0.25) is 24.3 Å². The largest absolute Gasteiger partial charge is 0.287 e. The summed E-state index contributed by atoms with van der Waals surface area (Å²) in [6.45, 7) is 1.46. The number of carbonyl (C=O) groups excluding carboxylic acids is 2. The molecule has 0 aliphatic heterocycles. The first-order valence-electron chi connectivity index (χ1n) is 7.66. The lowest BCUT2D eigenvalue weighted by molar-refractivity contribution is -0.384. The summed E-state index contributed by atoms with van der Waals surface area (Å²) < 4.78 is 1.51. The highest BCUT2D eigenvalue weighted by Crippen LogP contribution is 2.19. The molecule has 1 aromatic heterocycles.